The molecule has 0 aliphatic carbocycles. The van der Waals surface area contributed by atoms with Crippen molar-refractivity contribution in [2.75, 3.05) is 47.0 Å². The molecule has 0 aliphatic heterocycles. The smallest absolute Gasteiger partial charge is 0.253 e. The highest BCUT2D eigenvalue weighted by atomic mass is 127. The van der Waals surface area contributed by atoms with Crippen LogP contribution in [-0.2, 0) is 11.3 Å². The number of thioether (sulfide) groups is 1. The molecule has 0 heterocycles. The van der Waals surface area contributed by atoms with Crippen molar-refractivity contribution < 1.29 is 9.59 Å². The molecule has 2 rings (SSSR count). The molecule has 0 fully saturated rings. The predicted octanol–water partition coefficient (Wildman–Crippen LogP) is 2.92. The molecule has 0 radical (unpaired) electrons. The summed E-state index contributed by atoms with van der Waals surface area (Å²) in [5.74, 6) is 1.39. The predicted molar refractivity (Wildman–Crippen MR) is 143 cm³/mol. The molecule has 0 bridgehead atoms. The highest BCUT2D eigenvalue weighted by Gasteiger charge is 2.08. The van der Waals surface area contributed by atoms with E-state index < -0.39 is 0 Å². The van der Waals surface area contributed by atoms with E-state index in [4.69, 9.17) is 0 Å². The maximum Gasteiger partial charge on any atom is 0.253 e. The highest BCUT2D eigenvalue weighted by Crippen LogP contribution is 2.15. The summed E-state index contributed by atoms with van der Waals surface area (Å²) in [4.78, 5) is 32.8. The molecule has 2 aromatic carbocycles. The molecule has 0 aliphatic rings. The molecular weight excluding hydrogens is 537 g/mol. The number of nitrogens with one attached hydrogen (secondary N) is 2. The van der Waals surface area contributed by atoms with Crippen molar-refractivity contribution in [2.45, 2.75) is 11.4 Å². The van der Waals surface area contributed by atoms with Gasteiger partial charge in [0.05, 0.1) is 13.1 Å². The summed E-state index contributed by atoms with van der Waals surface area (Å²) in [6, 6.07) is 17.6. The maximum atomic E-state index is 12.0. The van der Waals surface area contributed by atoms with Gasteiger partial charge >= 0.3 is 0 Å². The third-order valence-corrected chi connectivity index (χ3v) is 5.35. The van der Waals surface area contributed by atoms with E-state index in [1.54, 1.807) is 57.0 Å². The number of likely N-dealkylation sites (N-methyl/N-ethyl adjacent to an activating group) is 1. The van der Waals surface area contributed by atoms with Crippen molar-refractivity contribution >= 4 is 53.5 Å². The van der Waals surface area contributed by atoms with Crippen LogP contribution in [0.5, 0.6) is 0 Å². The van der Waals surface area contributed by atoms with Crippen molar-refractivity contribution in [3.05, 3.63) is 65.7 Å². The first-order valence-corrected chi connectivity index (χ1v) is 11.1. The van der Waals surface area contributed by atoms with E-state index in [0.29, 0.717) is 24.6 Å². The lowest BCUT2D eigenvalue weighted by Gasteiger charge is -2.15. The molecule has 2 N–H and O–H groups in total. The van der Waals surface area contributed by atoms with Gasteiger partial charge in [0.15, 0.2) is 5.96 Å². The van der Waals surface area contributed by atoms with Gasteiger partial charge in [-0.3, -0.25) is 9.59 Å². The van der Waals surface area contributed by atoms with Gasteiger partial charge < -0.3 is 20.4 Å². The van der Waals surface area contributed by atoms with E-state index in [2.05, 4.69) is 27.8 Å². The summed E-state index contributed by atoms with van der Waals surface area (Å²) in [5, 5.41) is 6.38. The van der Waals surface area contributed by atoms with Crippen molar-refractivity contribution in [3.8, 4) is 0 Å². The Hall–Kier alpha value is -2.27. The van der Waals surface area contributed by atoms with Gasteiger partial charge in [-0.15, -0.1) is 35.7 Å². The van der Waals surface area contributed by atoms with E-state index in [-0.39, 0.29) is 42.3 Å². The Bertz CT molecular complexity index is 874. The summed E-state index contributed by atoms with van der Waals surface area (Å²) < 4.78 is 0. The standard InChI is InChI=1S/C23H31N5O2S.HI/c1-27(2)21(29)17-26-23(24-14-15-31-20-8-6-5-7-9-20)25-16-18-10-12-19(13-11-18)22(30)28(3)4;/h5-13H,14-17H2,1-4H3,(H2,24,25,26);1H. The van der Waals surface area contributed by atoms with Gasteiger partial charge in [0.2, 0.25) is 5.91 Å². The van der Waals surface area contributed by atoms with Gasteiger partial charge in [0.25, 0.3) is 5.91 Å². The van der Waals surface area contributed by atoms with Gasteiger partial charge in [-0.1, -0.05) is 30.3 Å². The first kappa shape index (κ1) is 27.8. The minimum Gasteiger partial charge on any atom is -0.356 e. The van der Waals surface area contributed by atoms with Crippen LogP contribution < -0.4 is 10.6 Å². The fraction of sp³-hybridized carbons (Fsp3) is 0.348. The Morgan fingerprint density at radius 3 is 2.16 bits per heavy atom. The molecule has 2 amide bonds. The average molecular weight is 570 g/mol. The number of nitrogens with zero attached hydrogens (tertiary/aromatic N) is 3. The van der Waals surface area contributed by atoms with E-state index in [9.17, 15) is 9.59 Å². The SMILES string of the molecule is CN(C)C(=O)CNC(=NCc1ccc(C(=O)N(C)C)cc1)NCCSc1ccccc1.I. The van der Waals surface area contributed by atoms with Gasteiger partial charge in [-0.25, -0.2) is 4.99 Å². The van der Waals surface area contributed by atoms with E-state index >= 15 is 0 Å². The van der Waals surface area contributed by atoms with Crippen LogP contribution in [0.25, 0.3) is 0 Å². The lowest BCUT2D eigenvalue weighted by Crippen LogP contribution is -2.43. The largest absolute Gasteiger partial charge is 0.356 e. The van der Waals surface area contributed by atoms with Crippen LogP contribution in [0.4, 0.5) is 0 Å². The van der Waals surface area contributed by atoms with Crippen molar-refractivity contribution in [2.24, 2.45) is 4.99 Å². The molecule has 9 heteroatoms. The maximum absolute atomic E-state index is 12.0. The first-order valence-electron chi connectivity index (χ1n) is 10.1. The van der Waals surface area contributed by atoms with Crippen molar-refractivity contribution in [1.82, 2.24) is 20.4 Å². The van der Waals surface area contributed by atoms with Crippen LogP contribution in [-0.4, -0.2) is 74.6 Å². The molecule has 0 unspecified atom stereocenters. The van der Waals surface area contributed by atoms with Gasteiger partial charge in [0, 0.05) is 50.9 Å². The Morgan fingerprint density at radius 1 is 0.906 bits per heavy atom. The minimum atomic E-state index is -0.0304. The summed E-state index contributed by atoms with van der Waals surface area (Å²) in [5.41, 5.74) is 1.62. The summed E-state index contributed by atoms with van der Waals surface area (Å²) in [6.45, 7) is 1.31. The normalized spacial score (nSPS) is 10.7. The Morgan fingerprint density at radius 2 is 1.56 bits per heavy atom. The zero-order valence-corrected chi connectivity index (χ0v) is 22.1. The number of rotatable bonds is 9. The van der Waals surface area contributed by atoms with E-state index in [1.165, 1.54) is 9.80 Å². The molecule has 0 atom stereocenters. The van der Waals surface area contributed by atoms with Crippen LogP contribution in [0.2, 0.25) is 0 Å². The molecule has 0 aromatic heterocycles. The number of carbonyl (C=O) groups excluding carboxylic acids is 2. The Kier molecular flexibility index (Phi) is 12.8. The highest BCUT2D eigenvalue weighted by molar-refractivity contribution is 14.0. The second-order valence-corrected chi connectivity index (χ2v) is 8.46. The Labute approximate surface area is 212 Å². The molecule has 2 aromatic rings. The second kappa shape index (κ2) is 14.7. The number of aliphatic imine (C=N–C) groups is 1. The van der Waals surface area contributed by atoms with Crippen LogP contribution in [0, 0.1) is 0 Å². The monoisotopic (exact) mass is 569 g/mol. The molecule has 32 heavy (non-hydrogen) atoms. The average Bonchev–Trinajstić information content (AvgIpc) is 2.78. The summed E-state index contributed by atoms with van der Waals surface area (Å²) in [6.07, 6.45) is 0. The van der Waals surface area contributed by atoms with Crippen LogP contribution in [0.15, 0.2) is 64.5 Å². The van der Waals surface area contributed by atoms with Crippen LogP contribution in [0.1, 0.15) is 15.9 Å². The van der Waals surface area contributed by atoms with Crippen LogP contribution >= 0.6 is 35.7 Å². The quantitative estimate of drug-likeness (QED) is 0.160. The Balaban J connectivity index is 0.00000512. The van der Waals surface area contributed by atoms with Gasteiger partial charge in [0.1, 0.15) is 0 Å². The first-order chi connectivity index (χ1) is 14.9. The van der Waals surface area contributed by atoms with Gasteiger partial charge in [-0.2, -0.15) is 0 Å². The zero-order chi connectivity index (χ0) is 22.6. The molecule has 0 saturated carbocycles. The summed E-state index contributed by atoms with van der Waals surface area (Å²) >= 11 is 1.76. The lowest BCUT2D eigenvalue weighted by atomic mass is 10.1. The van der Waals surface area contributed by atoms with Crippen LogP contribution in [0.3, 0.4) is 0 Å². The number of amides is 2. The number of guanidine groups is 1. The fourth-order valence-electron chi connectivity index (χ4n) is 2.53. The fourth-order valence-corrected chi connectivity index (χ4v) is 3.32. The number of hydrogen-bond donors (Lipinski definition) is 2. The lowest BCUT2D eigenvalue weighted by molar-refractivity contribution is -0.127. The summed E-state index contributed by atoms with van der Waals surface area (Å²) in [7, 11) is 6.91. The van der Waals surface area contributed by atoms with Crippen molar-refractivity contribution in [3.63, 3.8) is 0 Å². The second-order valence-electron chi connectivity index (χ2n) is 7.29. The van der Waals surface area contributed by atoms with Gasteiger partial charge in [-0.05, 0) is 29.8 Å². The zero-order valence-electron chi connectivity index (χ0n) is 19.0. The van der Waals surface area contributed by atoms with E-state index in [1.807, 2.05) is 30.3 Å². The molecule has 7 nitrogen and oxygen atoms in total. The molecule has 0 saturated heterocycles. The minimum absolute atomic E-state index is 0. The topological polar surface area (TPSA) is 77.0 Å². The van der Waals surface area contributed by atoms with E-state index in [0.717, 1.165) is 11.3 Å². The number of benzene rings is 2. The third-order valence-electron chi connectivity index (χ3n) is 4.34. The number of carbonyl (C=O) groups is 2. The molecular formula is C23H32IN5O2S. The third kappa shape index (κ3) is 9.90. The molecule has 0 spiro atoms. The molecule has 174 valence electrons. The van der Waals surface area contributed by atoms with Crippen molar-refractivity contribution in [1.29, 1.82) is 0 Å². The number of halogens is 1. The number of hydrogen-bond acceptors (Lipinski definition) is 4.